The second kappa shape index (κ2) is 7.08. The molecule has 128 valence electrons. The standard InChI is InChI=1S/C17H18N6O2/c1-11-13(7-15(24)19-8-12-9-20-23(2)10-12)17(25)22-16(21-11)14-5-3-4-6-18-14/h3-6,9-10H,7-8H2,1-2H3,(H,19,24)(H,21,22,25). The van der Waals surface area contributed by atoms with Crippen molar-refractivity contribution < 1.29 is 4.79 Å². The number of amides is 1. The van der Waals surface area contributed by atoms with Gasteiger partial charge < -0.3 is 10.3 Å². The van der Waals surface area contributed by atoms with Gasteiger partial charge in [-0.05, 0) is 19.1 Å². The largest absolute Gasteiger partial charge is 0.352 e. The van der Waals surface area contributed by atoms with Crippen LogP contribution in [0.25, 0.3) is 11.5 Å². The van der Waals surface area contributed by atoms with Crippen molar-refractivity contribution in [3.05, 3.63) is 64.0 Å². The van der Waals surface area contributed by atoms with Crippen molar-refractivity contribution >= 4 is 5.91 Å². The highest BCUT2D eigenvalue weighted by Gasteiger charge is 2.14. The number of rotatable bonds is 5. The molecule has 0 aliphatic heterocycles. The van der Waals surface area contributed by atoms with Gasteiger partial charge in [0.2, 0.25) is 5.91 Å². The van der Waals surface area contributed by atoms with Crippen molar-refractivity contribution in [1.82, 2.24) is 30.0 Å². The molecule has 0 saturated carbocycles. The fraction of sp³-hybridized carbons (Fsp3) is 0.235. The number of pyridine rings is 1. The Morgan fingerprint density at radius 2 is 2.20 bits per heavy atom. The number of carbonyl (C=O) groups excluding carboxylic acids is 1. The zero-order valence-corrected chi connectivity index (χ0v) is 14.0. The zero-order valence-electron chi connectivity index (χ0n) is 14.0. The SMILES string of the molecule is Cc1nc(-c2ccccn2)[nH]c(=O)c1CC(=O)NCc1cnn(C)c1. The van der Waals surface area contributed by atoms with E-state index >= 15 is 0 Å². The minimum atomic E-state index is -0.329. The van der Waals surface area contributed by atoms with Gasteiger partial charge in [0.1, 0.15) is 5.69 Å². The van der Waals surface area contributed by atoms with Crippen molar-refractivity contribution in [2.24, 2.45) is 7.05 Å². The quantitative estimate of drug-likeness (QED) is 0.713. The lowest BCUT2D eigenvalue weighted by Crippen LogP contribution is -2.28. The first kappa shape index (κ1) is 16.6. The molecule has 0 bridgehead atoms. The topological polar surface area (TPSA) is 106 Å². The van der Waals surface area contributed by atoms with Crippen LogP contribution in [0, 0.1) is 6.92 Å². The first-order valence-corrected chi connectivity index (χ1v) is 7.78. The molecule has 0 spiro atoms. The fourth-order valence-electron chi connectivity index (χ4n) is 2.43. The van der Waals surface area contributed by atoms with Crippen LogP contribution in [0.5, 0.6) is 0 Å². The maximum atomic E-state index is 12.3. The number of H-pyrrole nitrogens is 1. The second-order valence-electron chi connectivity index (χ2n) is 5.67. The first-order chi connectivity index (χ1) is 12.0. The third kappa shape index (κ3) is 3.97. The summed E-state index contributed by atoms with van der Waals surface area (Å²) in [6.07, 6.45) is 5.10. The molecule has 3 aromatic heterocycles. The second-order valence-corrected chi connectivity index (χ2v) is 5.67. The number of carbonyl (C=O) groups is 1. The fourth-order valence-corrected chi connectivity index (χ4v) is 2.43. The van der Waals surface area contributed by atoms with Crippen LogP contribution in [-0.4, -0.2) is 30.6 Å². The number of nitrogens with zero attached hydrogens (tertiary/aromatic N) is 4. The van der Waals surface area contributed by atoms with E-state index < -0.39 is 0 Å². The molecule has 8 nitrogen and oxygen atoms in total. The monoisotopic (exact) mass is 338 g/mol. The van der Waals surface area contributed by atoms with Gasteiger partial charge in [0.15, 0.2) is 5.82 Å². The van der Waals surface area contributed by atoms with Crippen molar-refractivity contribution in [3.63, 3.8) is 0 Å². The Kier molecular flexibility index (Phi) is 4.69. The minimum absolute atomic E-state index is 0.0308. The Bertz CT molecular complexity index is 945. The number of aromatic nitrogens is 5. The molecule has 3 heterocycles. The summed E-state index contributed by atoms with van der Waals surface area (Å²) in [6, 6.07) is 5.37. The van der Waals surface area contributed by atoms with Gasteiger partial charge in [-0.15, -0.1) is 0 Å². The Balaban J connectivity index is 1.72. The number of hydrogen-bond donors (Lipinski definition) is 2. The van der Waals surface area contributed by atoms with Crippen LogP contribution in [0.1, 0.15) is 16.8 Å². The Morgan fingerprint density at radius 3 is 2.84 bits per heavy atom. The molecule has 3 rings (SSSR count). The summed E-state index contributed by atoms with van der Waals surface area (Å²) in [5.74, 6) is 0.146. The summed E-state index contributed by atoms with van der Waals surface area (Å²) in [4.78, 5) is 35.7. The molecule has 0 aliphatic carbocycles. The van der Waals surface area contributed by atoms with Crippen LogP contribution in [0.4, 0.5) is 0 Å². The number of hydrogen-bond acceptors (Lipinski definition) is 5. The first-order valence-electron chi connectivity index (χ1n) is 7.78. The number of aryl methyl sites for hydroxylation is 2. The van der Waals surface area contributed by atoms with Gasteiger partial charge in [-0.1, -0.05) is 6.07 Å². The van der Waals surface area contributed by atoms with Crippen LogP contribution in [-0.2, 0) is 24.8 Å². The highest BCUT2D eigenvalue weighted by atomic mass is 16.2. The lowest BCUT2D eigenvalue weighted by Gasteiger charge is -2.07. The molecular formula is C17H18N6O2. The molecule has 0 radical (unpaired) electrons. The van der Waals surface area contributed by atoms with Gasteiger partial charge >= 0.3 is 0 Å². The van der Waals surface area contributed by atoms with Crippen LogP contribution >= 0.6 is 0 Å². The lowest BCUT2D eigenvalue weighted by atomic mass is 10.1. The molecule has 0 saturated heterocycles. The molecule has 0 aliphatic rings. The van der Waals surface area contributed by atoms with Gasteiger partial charge in [0.25, 0.3) is 5.56 Å². The van der Waals surface area contributed by atoms with E-state index in [1.165, 1.54) is 0 Å². The number of nitrogens with one attached hydrogen (secondary N) is 2. The van der Waals surface area contributed by atoms with Crippen LogP contribution < -0.4 is 10.9 Å². The van der Waals surface area contributed by atoms with Gasteiger partial charge in [0, 0.05) is 42.8 Å². The predicted octanol–water partition coefficient (Wildman–Crippen LogP) is 0.733. The van der Waals surface area contributed by atoms with Crippen molar-refractivity contribution in [2.45, 2.75) is 19.9 Å². The van der Waals surface area contributed by atoms with Gasteiger partial charge in [-0.3, -0.25) is 19.3 Å². The molecule has 1 amide bonds. The minimum Gasteiger partial charge on any atom is -0.352 e. The number of aromatic amines is 1. The summed E-state index contributed by atoms with van der Waals surface area (Å²) in [6.45, 7) is 2.08. The molecule has 0 atom stereocenters. The smallest absolute Gasteiger partial charge is 0.255 e. The lowest BCUT2D eigenvalue weighted by molar-refractivity contribution is -0.120. The highest BCUT2D eigenvalue weighted by Crippen LogP contribution is 2.11. The highest BCUT2D eigenvalue weighted by molar-refractivity contribution is 5.78. The van der Waals surface area contributed by atoms with E-state index in [0.29, 0.717) is 29.3 Å². The summed E-state index contributed by atoms with van der Waals surface area (Å²) in [5.41, 5.74) is 2.01. The molecular weight excluding hydrogens is 320 g/mol. The van der Waals surface area contributed by atoms with Gasteiger partial charge in [0.05, 0.1) is 12.6 Å². The van der Waals surface area contributed by atoms with E-state index in [-0.39, 0.29) is 17.9 Å². The predicted molar refractivity (Wildman–Crippen MR) is 91.6 cm³/mol. The molecule has 0 unspecified atom stereocenters. The van der Waals surface area contributed by atoms with E-state index in [2.05, 4.69) is 25.4 Å². The maximum Gasteiger partial charge on any atom is 0.255 e. The molecule has 25 heavy (non-hydrogen) atoms. The molecule has 3 aromatic rings. The molecule has 2 N–H and O–H groups in total. The summed E-state index contributed by atoms with van der Waals surface area (Å²) in [7, 11) is 1.81. The normalized spacial score (nSPS) is 10.6. The average Bonchev–Trinajstić information content (AvgIpc) is 3.02. The third-order valence-corrected chi connectivity index (χ3v) is 3.72. The Labute approximate surface area is 144 Å². The maximum absolute atomic E-state index is 12.3. The van der Waals surface area contributed by atoms with E-state index in [0.717, 1.165) is 5.56 Å². The molecule has 0 aromatic carbocycles. The van der Waals surface area contributed by atoms with E-state index in [4.69, 9.17) is 0 Å². The van der Waals surface area contributed by atoms with Crippen LogP contribution in [0.2, 0.25) is 0 Å². The summed E-state index contributed by atoms with van der Waals surface area (Å²) >= 11 is 0. The van der Waals surface area contributed by atoms with E-state index in [1.807, 2.05) is 19.3 Å². The van der Waals surface area contributed by atoms with Crippen molar-refractivity contribution in [1.29, 1.82) is 0 Å². The van der Waals surface area contributed by atoms with Crippen molar-refractivity contribution in [3.8, 4) is 11.5 Å². The Morgan fingerprint density at radius 1 is 1.36 bits per heavy atom. The zero-order chi connectivity index (χ0) is 17.8. The summed E-state index contributed by atoms with van der Waals surface area (Å²) < 4.78 is 1.66. The van der Waals surface area contributed by atoms with Crippen LogP contribution in [0.15, 0.2) is 41.6 Å². The Hall–Kier alpha value is -3.29. The van der Waals surface area contributed by atoms with E-state index in [1.54, 1.807) is 36.1 Å². The van der Waals surface area contributed by atoms with Gasteiger partial charge in [-0.2, -0.15) is 5.10 Å². The average molecular weight is 338 g/mol. The van der Waals surface area contributed by atoms with E-state index in [9.17, 15) is 9.59 Å². The molecule has 0 fully saturated rings. The van der Waals surface area contributed by atoms with Crippen LogP contribution in [0.3, 0.4) is 0 Å². The molecule has 8 heteroatoms. The van der Waals surface area contributed by atoms with Crippen molar-refractivity contribution in [2.75, 3.05) is 0 Å². The van der Waals surface area contributed by atoms with Gasteiger partial charge in [-0.25, -0.2) is 4.98 Å². The summed E-state index contributed by atoms with van der Waals surface area (Å²) in [5, 5.41) is 6.82. The third-order valence-electron chi connectivity index (χ3n) is 3.72.